The van der Waals surface area contributed by atoms with Gasteiger partial charge in [-0.3, -0.25) is 4.79 Å². The number of aromatic nitrogens is 3. The summed E-state index contributed by atoms with van der Waals surface area (Å²) in [4.78, 5) is 19.0. The zero-order valence-electron chi connectivity index (χ0n) is 9.83. The van der Waals surface area contributed by atoms with Crippen LogP contribution in [0.3, 0.4) is 0 Å². The average Bonchev–Trinajstić information content (AvgIpc) is 3.13. The molecule has 0 radical (unpaired) electrons. The second-order valence-electron chi connectivity index (χ2n) is 3.86. The molecule has 6 nitrogen and oxygen atoms in total. The van der Waals surface area contributed by atoms with Crippen molar-refractivity contribution >= 4 is 11.6 Å². The summed E-state index contributed by atoms with van der Waals surface area (Å²) < 4.78 is 4.63. The van der Waals surface area contributed by atoms with Crippen molar-refractivity contribution in [2.75, 3.05) is 5.32 Å². The zero-order valence-corrected chi connectivity index (χ0v) is 9.83. The van der Waals surface area contributed by atoms with E-state index in [1.54, 1.807) is 18.5 Å². The van der Waals surface area contributed by atoms with Gasteiger partial charge in [0.15, 0.2) is 5.69 Å². The van der Waals surface area contributed by atoms with Crippen LogP contribution >= 0.6 is 0 Å². The number of anilines is 1. The number of rotatable bonds is 3. The summed E-state index contributed by atoms with van der Waals surface area (Å²) in [5.41, 5.74) is 1.80. The van der Waals surface area contributed by atoms with Gasteiger partial charge in [0.2, 0.25) is 0 Å². The lowest BCUT2D eigenvalue weighted by molar-refractivity contribution is 0.101. The van der Waals surface area contributed by atoms with E-state index in [0.29, 0.717) is 5.69 Å². The minimum atomic E-state index is -0.314. The van der Waals surface area contributed by atoms with Crippen LogP contribution in [0.25, 0.3) is 11.4 Å². The van der Waals surface area contributed by atoms with Gasteiger partial charge in [-0.1, -0.05) is 17.3 Å². The Kier molecular flexibility index (Phi) is 2.82. The van der Waals surface area contributed by atoms with Gasteiger partial charge in [-0.2, -0.15) is 0 Å². The third kappa shape index (κ3) is 2.37. The molecule has 1 amide bonds. The number of hydrogen-bond acceptors (Lipinski definition) is 4. The molecular weight excluding hydrogens is 244 g/mol. The Bertz CT molecular complexity index is 675. The van der Waals surface area contributed by atoms with Crippen LogP contribution in [0.2, 0.25) is 0 Å². The molecule has 0 atom stereocenters. The largest absolute Gasteiger partial charge is 0.364 e. The Morgan fingerprint density at radius 1 is 1.32 bits per heavy atom. The molecule has 3 aromatic rings. The zero-order chi connectivity index (χ0) is 13.1. The molecular formula is C13H10N4O2. The summed E-state index contributed by atoms with van der Waals surface area (Å²) in [7, 11) is 0. The minimum absolute atomic E-state index is 0.239. The average molecular weight is 254 g/mol. The molecule has 0 aliphatic heterocycles. The molecule has 0 aliphatic carbocycles. The van der Waals surface area contributed by atoms with E-state index in [1.165, 1.54) is 12.3 Å². The first-order valence-corrected chi connectivity index (χ1v) is 5.64. The number of aromatic amines is 1. The molecule has 19 heavy (non-hydrogen) atoms. The van der Waals surface area contributed by atoms with Gasteiger partial charge in [0.05, 0.1) is 0 Å². The molecule has 0 unspecified atom stereocenters. The quantitative estimate of drug-likeness (QED) is 0.751. The Hall–Kier alpha value is -2.89. The third-order valence-corrected chi connectivity index (χ3v) is 2.56. The van der Waals surface area contributed by atoms with Gasteiger partial charge in [-0.25, -0.2) is 4.98 Å². The third-order valence-electron chi connectivity index (χ3n) is 2.56. The summed E-state index contributed by atoms with van der Waals surface area (Å²) in [5.74, 6) is 0.433. The van der Waals surface area contributed by atoms with Crippen LogP contribution in [-0.4, -0.2) is 21.0 Å². The van der Waals surface area contributed by atoms with Crippen LogP contribution in [0.15, 0.2) is 53.5 Å². The van der Waals surface area contributed by atoms with Gasteiger partial charge < -0.3 is 14.8 Å². The van der Waals surface area contributed by atoms with Crippen molar-refractivity contribution in [3.63, 3.8) is 0 Å². The molecule has 0 fully saturated rings. The van der Waals surface area contributed by atoms with Crippen molar-refractivity contribution < 1.29 is 9.32 Å². The first-order chi connectivity index (χ1) is 9.33. The molecule has 2 aromatic heterocycles. The van der Waals surface area contributed by atoms with E-state index in [-0.39, 0.29) is 11.6 Å². The summed E-state index contributed by atoms with van der Waals surface area (Å²) in [6, 6.07) is 8.88. The fourth-order valence-corrected chi connectivity index (χ4v) is 1.69. The standard InChI is InChI=1S/C13H10N4O2/c18-13(11-4-7-19-17-11)16-10-3-1-2-9(8-10)12-14-5-6-15-12/h1-8H,(H,14,15)(H,16,18). The first-order valence-electron chi connectivity index (χ1n) is 5.64. The fourth-order valence-electron chi connectivity index (χ4n) is 1.69. The number of H-pyrrole nitrogens is 1. The van der Waals surface area contributed by atoms with Crippen molar-refractivity contribution in [3.05, 3.63) is 54.7 Å². The van der Waals surface area contributed by atoms with E-state index in [0.717, 1.165) is 11.4 Å². The number of nitrogens with one attached hydrogen (secondary N) is 2. The normalized spacial score (nSPS) is 10.3. The molecule has 0 bridgehead atoms. The van der Waals surface area contributed by atoms with Crippen LogP contribution < -0.4 is 5.32 Å². The number of carbonyl (C=O) groups excluding carboxylic acids is 1. The van der Waals surface area contributed by atoms with E-state index in [1.807, 2.05) is 18.2 Å². The number of carbonyl (C=O) groups is 1. The summed E-state index contributed by atoms with van der Waals surface area (Å²) >= 11 is 0. The number of benzene rings is 1. The maximum atomic E-state index is 11.8. The highest BCUT2D eigenvalue weighted by atomic mass is 16.5. The maximum absolute atomic E-state index is 11.8. The maximum Gasteiger partial charge on any atom is 0.277 e. The lowest BCUT2D eigenvalue weighted by Crippen LogP contribution is -2.12. The Balaban J connectivity index is 1.82. The van der Waals surface area contributed by atoms with Gasteiger partial charge in [-0.15, -0.1) is 0 Å². The van der Waals surface area contributed by atoms with Crippen molar-refractivity contribution in [2.45, 2.75) is 0 Å². The van der Waals surface area contributed by atoms with Crippen molar-refractivity contribution in [2.24, 2.45) is 0 Å². The predicted molar refractivity (Wildman–Crippen MR) is 68.5 cm³/mol. The lowest BCUT2D eigenvalue weighted by atomic mass is 10.2. The molecule has 0 aliphatic rings. The lowest BCUT2D eigenvalue weighted by Gasteiger charge is -2.04. The summed E-state index contributed by atoms with van der Waals surface area (Å²) in [6.45, 7) is 0. The Morgan fingerprint density at radius 3 is 3.00 bits per heavy atom. The minimum Gasteiger partial charge on any atom is -0.364 e. The van der Waals surface area contributed by atoms with Crippen LogP contribution in [0.1, 0.15) is 10.5 Å². The number of amides is 1. The monoisotopic (exact) mass is 254 g/mol. The van der Waals surface area contributed by atoms with Crippen LogP contribution in [0.4, 0.5) is 5.69 Å². The van der Waals surface area contributed by atoms with E-state index in [4.69, 9.17) is 0 Å². The summed E-state index contributed by atoms with van der Waals surface area (Å²) in [5, 5.41) is 6.32. The molecule has 0 spiro atoms. The Morgan fingerprint density at radius 2 is 2.26 bits per heavy atom. The van der Waals surface area contributed by atoms with Gasteiger partial charge in [-0.05, 0) is 12.1 Å². The molecule has 6 heteroatoms. The van der Waals surface area contributed by atoms with E-state index >= 15 is 0 Å². The van der Waals surface area contributed by atoms with E-state index in [9.17, 15) is 4.79 Å². The number of imidazole rings is 1. The molecule has 3 rings (SSSR count). The van der Waals surface area contributed by atoms with Gasteiger partial charge in [0, 0.05) is 29.7 Å². The molecule has 94 valence electrons. The van der Waals surface area contributed by atoms with Crippen LogP contribution in [-0.2, 0) is 0 Å². The highest BCUT2D eigenvalue weighted by molar-refractivity contribution is 6.02. The number of hydrogen-bond donors (Lipinski definition) is 2. The number of nitrogens with zero attached hydrogens (tertiary/aromatic N) is 2. The van der Waals surface area contributed by atoms with Crippen molar-refractivity contribution in [1.82, 2.24) is 15.1 Å². The van der Waals surface area contributed by atoms with Crippen molar-refractivity contribution in [3.8, 4) is 11.4 Å². The molecule has 2 heterocycles. The fraction of sp³-hybridized carbons (Fsp3) is 0. The molecule has 1 aromatic carbocycles. The highest BCUT2D eigenvalue weighted by Gasteiger charge is 2.09. The van der Waals surface area contributed by atoms with Crippen LogP contribution in [0.5, 0.6) is 0 Å². The second-order valence-corrected chi connectivity index (χ2v) is 3.86. The van der Waals surface area contributed by atoms with Crippen molar-refractivity contribution in [1.29, 1.82) is 0 Å². The topological polar surface area (TPSA) is 83.8 Å². The molecule has 0 saturated carbocycles. The Labute approximate surface area is 108 Å². The van der Waals surface area contributed by atoms with Gasteiger partial charge in [0.1, 0.15) is 12.1 Å². The van der Waals surface area contributed by atoms with Gasteiger partial charge in [0.25, 0.3) is 5.91 Å². The summed E-state index contributed by atoms with van der Waals surface area (Å²) in [6.07, 6.45) is 4.78. The first kappa shape index (κ1) is 11.2. The van der Waals surface area contributed by atoms with E-state index < -0.39 is 0 Å². The van der Waals surface area contributed by atoms with Gasteiger partial charge >= 0.3 is 0 Å². The van der Waals surface area contributed by atoms with Crippen LogP contribution in [0, 0.1) is 0 Å². The predicted octanol–water partition coefficient (Wildman–Crippen LogP) is 2.32. The molecule has 2 N–H and O–H groups in total. The highest BCUT2D eigenvalue weighted by Crippen LogP contribution is 2.19. The second kappa shape index (κ2) is 4.77. The smallest absolute Gasteiger partial charge is 0.277 e. The van der Waals surface area contributed by atoms with E-state index in [2.05, 4.69) is 25.0 Å². The molecule has 0 saturated heterocycles. The SMILES string of the molecule is O=C(Nc1cccc(-c2ncc[nH]2)c1)c1ccon1.